The van der Waals surface area contributed by atoms with Crippen LogP contribution in [0.1, 0.15) is 6.92 Å². The molecule has 0 aliphatic heterocycles. The number of nitrogens with zero attached hydrogens (tertiary/aromatic N) is 2. The number of furan rings is 1. The molecule has 8 heteroatoms. The molecule has 0 aliphatic carbocycles. The molecule has 0 fully saturated rings. The number of methoxy groups -OCH3 is 1. The highest BCUT2D eigenvalue weighted by Crippen LogP contribution is 2.36. The van der Waals surface area contributed by atoms with Crippen molar-refractivity contribution in [2.24, 2.45) is 0 Å². The van der Waals surface area contributed by atoms with Crippen molar-refractivity contribution >= 4 is 44.4 Å². The quantitative estimate of drug-likeness (QED) is 0.447. The summed E-state index contributed by atoms with van der Waals surface area (Å²) in [5.74, 6) is 0.0375. The van der Waals surface area contributed by atoms with Gasteiger partial charge < -0.3 is 14.5 Å². The highest BCUT2D eigenvalue weighted by molar-refractivity contribution is 6.07. The number of carbonyl (C=O) groups excluding carboxylic acids is 1. The fraction of sp³-hybridized carbons (Fsp3) is 0.160. The smallest absolute Gasteiger partial charge is 0.331 e. The summed E-state index contributed by atoms with van der Waals surface area (Å²) in [6.45, 7) is 1.66. The van der Waals surface area contributed by atoms with E-state index in [9.17, 15) is 14.4 Å². The Morgan fingerprint density at radius 2 is 1.67 bits per heavy atom. The summed E-state index contributed by atoms with van der Waals surface area (Å²) in [7, 11) is 1.52. The number of carbonyl (C=O) groups is 1. The van der Waals surface area contributed by atoms with Crippen molar-refractivity contribution in [3.63, 3.8) is 0 Å². The van der Waals surface area contributed by atoms with Crippen LogP contribution in [-0.4, -0.2) is 22.2 Å². The molecule has 5 rings (SSSR count). The van der Waals surface area contributed by atoms with Gasteiger partial charge in [-0.05, 0) is 31.2 Å². The molecule has 8 nitrogen and oxygen atoms in total. The van der Waals surface area contributed by atoms with Gasteiger partial charge in [0, 0.05) is 23.4 Å². The van der Waals surface area contributed by atoms with Crippen LogP contribution in [0.25, 0.3) is 32.8 Å². The lowest BCUT2D eigenvalue weighted by molar-refractivity contribution is -0.116. The van der Waals surface area contributed by atoms with Gasteiger partial charge in [-0.1, -0.05) is 30.3 Å². The van der Waals surface area contributed by atoms with Gasteiger partial charge in [-0.3, -0.25) is 18.7 Å². The molecule has 5 aromatic rings. The van der Waals surface area contributed by atoms with Crippen LogP contribution in [0, 0.1) is 0 Å². The summed E-state index contributed by atoms with van der Waals surface area (Å²) in [5.41, 5.74) is 1.28. The highest BCUT2D eigenvalue weighted by Gasteiger charge is 2.17. The Balaban J connectivity index is 1.55. The molecule has 2 heterocycles. The van der Waals surface area contributed by atoms with Crippen LogP contribution in [0.5, 0.6) is 5.75 Å². The van der Waals surface area contributed by atoms with Crippen LogP contribution in [0.2, 0.25) is 0 Å². The van der Waals surface area contributed by atoms with Gasteiger partial charge in [-0.15, -0.1) is 0 Å². The van der Waals surface area contributed by atoms with Gasteiger partial charge in [0.25, 0.3) is 5.56 Å². The lowest BCUT2D eigenvalue weighted by atomic mass is 10.1. The summed E-state index contributed by atoms with van der Waals surface area (Å²) >= 11 is 0. The van der Waals surface area contributed by atoms with Gasteiger partial charge in [-0.2, -0.15) is 0 Å². The van der Waals surface area contributed by atoms with E-state index in [2.05, 4.69) is 5.32 Å². The molecule has 3 aromatic carbocycles. The maximum atomic E-state index is 13.0. The average molecular weight is 443 g/mol. The third-order valence-electron chi connectivity index (χ3n) is 5.72. The predicted molar refractivity (Wildman–Crippen MR) is 127 cm³/mol. The van der Waals surface area contributed by atoms with Crippen molar-refractivity contribution in [2.45, 2.75) is 20.0 Å². The number of para-hydroxylation sites is 2. The molecule has 0 saturated carbocycles. The van der Waals surface area contributed by atoms with E-state index in [4.69, 9.17) is 9.15 Å². The third-order valence-corrected chi connectivity index (χ3v) is 5.72. The molecule has 0 spiro atoms. The normalized spacial score (nSPS) is 11.3. The largest absolute Gasteiger partial charge is 0.495 e. The molecule has 1 amide bonds. The summed E-state index contributed by atoms with van der Waals surface area (Å²) in [4.78, 5) is 38.5. The van der Waals surface area contributed by atoms with Crippen LogP contribution in [0.3, 0.4) is 0 Å². The van der Waals surface area contributed by atoms with E-state index in [0.29, 0.717) is 27.9 Å². The minimum absolute atomic E-state index is 0.209. The topological polar surface area (TPSA) is 95.5 Å². The van der Waals surface area contributed by atoms with Gasteiger partial charge >= 0.3 is 5.69 Å². The predicted octanol–water partition coefficient (Wildman–Crippen LogP) is 3.73. The van der Waals surface area contributed by atoms with Gasteiger partial charge in [0.15, 0.2) is 0 Å². The lowest BCUT2D eigenvalue weighted by Crippen LogP contribution is -2.41. The fourth-order valence-electron chi connectivity index (χ4n) is 4.15. The van der Waals surface area contributed by atoms with E-state index < -0.39 is 11.6 Å². The number of fused-ring (bicyclic) bond motifs is 4. The second-order valence-corrected chi connectivity index (χ2v) is 7.63. The zero-order chi connectivity index (χ0) is 23.1. The number of aromatic nitrogens is 2. The summed E-state index contributed by atoms with van der Waals surface area (Å²) < 4.78 is 13.8. The third kappa shape index (κ3) is 3.36. The summed E-state index contributed by atoms with van der Waals surface area (Å²) in [6.07, 6.45) is 0. The molecule has 0 aliphatic rings. The Hall–Kier alpha value is -4.33. The van der Waals surface area contributed by atoms with Crippen molar-refractivity contribution in [1.29, 1.82) is 0 Å². The minimum Gasteiger partial charge on any atom is -0.495 e. The van der Waals surface area contributed by atoms with E-state index in [1.165, 1.54) is 11.7 Å². The molecule has 33 heavy (non-hydrogen) atoms. The number of anilines is 1. The SMILES string of the molecule is CCn1c(=O)c2ccccc2n(CC(=O)Nc2cc3oc4ccccc4c3cc2OC)c1=O. The van der Waals surface area contributed by atoms with Crippen molar-refractivity contribution in [3.05, 3.63) is 81.5 Å². The molecule has 166 valence electrons. The average Bonchev–Trinajstić information content (AvgIpc) is 3.19. The molecular weight excluding hydrogens is 422 g/mol. The molecule has 1 N–H and O–H groups in total. The Labute approximate surface area is 187 Å². The number of amides is 1. The van der Waals surface area contributed by atoms with Crippen LogP contribution >= 0.6 is 0 Å². The Morgan fingerprint density at radius 1 is 0.939 bits per heavy atom. The van der Waals surface area contributed by atoms with Gasteiger partial charge in [0.05, 0.1) is 23.7 Å². The minimum atomic E-state index is -0.531. The molecule has 0 atom stereocenters. The standard InChI is InChI=1S/C25H21N3O5/c1-3-27-24(30)16-9-4-6-10-19(16)28(25(27)31)14-23(29)26-18-13-21-17(12-22(18)32-2)15-8-5-7-11-20(15)33-21/h4-13H,3,14H2,1-2H3,(H,26,29). The van der Waals surface area contributed by atoms with E-state index in [-0.39, 0.29) is 18.6 Å². The first-order chi connectivity index (χ1) is 16.0. The van der Waals surface area contributed by atoms with Gasteiger partial charge in [0.2, 0.25) is 5.91 Å². The van der Waals surface area contributed by atoms with Gasteiger partial charge in [0.1, 0.15) is 23.5 Å². The zero-order valence-electron chi connectivity index (χ0n) is 18.1. The van der Waals surface area contributed by atoms with Crippen molar-refractivity contribution in [1.82, 2.24) is 9.13 Å². The van der Waals surface area contributed by atoms with Crippen molar-refractivity contribution in [2.75, 3.05) is 12.4 Å². The number of rotatable bonds is 5. The summed E-state index contributed by atoms with van der Waals surface area (Å²) in [6, 6.07) is 17.9. The fourth-order valence-corrected chi connectivity index (χ4v) is 4.15. The van der Waals surface area contributed by atoms with Crippen molar-refractivity contribution < 1.29 is 13.9 Å². The van der Waals surface area contributed by atoms with E-state index in [0.717, 1.165) is 20.9 Å². The first-order valence-electron chi connectivity index (χ1n) is 10.5. The molecular formula is C25H21N3O5. The number of nitrogens with one attached hydrogen (secondary N) is 1. The van der Waals surface area contributed by atoms with Crippen LogP contribution in [0.15, 0.2) is 74.7 Å². The van der Waals surface area contributed by atoms with Crippen LogP contribution in [-0.2, 0) is 17.9 Å². The van der Waals surface area contributed by atoms with Gasteiger partial charge in [-0.25, -0.2) is 4.79 Å². The zero-order valence-corrected chi connectivity index (χ0v) is 18.1. The molecule has 2 aromatic heterocycles. The molecule has 0 bridgehead atoms. The van der Waals surface area contributed by atoms with E-state index in [1.54, 1.807) is 37.3 Å². The van der Waals surface area contributed by atoms with Crippen LogP contribution < -0.4 is 21.3 Å². The first kappa shape index (κ1) is 20.6. The second-order valence-electron chi connectivity index (χ2n) is 7.63. The van der Waals surface area contributed by atoms with Crippen molar-refractivity contribution in [3.8, 4) is 5.75 Å². The maximum absolute atomic E-state index is 13.0. The Bertz CT molecular complexity index is 1660. The number of benzene rings is 3. The molecule has 0 radical (unpaired) electrons. The number of ether oxygens (including phenoxy) is 1. The highest BCUT2D eigenvalue weighted by atomic mass is 16.5. The lowest BCUT2D eigenvalue weighted by Gasteiger charge is -2.14. The molecule has 0 unspecified atom stereocenters. The first-order valence-corrected chi connectivity index (χ1v) is 10.5. The van der Waals surface area contributed by atoms with Crippen LogP contribution in [0.4, 0.5) is 5.69 Å². The number of hydrogen-bond acceptors (Lipinski definition) is 5. The number of hydrogen-bond donors (Lipinski definition) is 1. The second kappa shape index (κ2) is 7.98. The maximum Gasteiger partial charge on any atom is 0.331 e. The van der Waals surface area contributed by atoms with E-state index in [1.807, 2.05) is 30.3 Å². The Kier molecular flexibility index (Phi) is 4.97. The monoisotopic (exact) mass is 443 g/mol. The van der Waals surface area contributed by atoms with E-state index >= 15 is 0 Å². The Morgan fingerprint density at radius 3 is 2.42 bits per heavy atom. The molecule has 0 saturated heterocycles. The summed E-state index contributed by atoms with van der Waals surface area (Å²) in [5, 5.41) is 5.02.